The fourth-order valence-corrected chi connectivity index (χ4v) is 2.83. The standard InChI is InChI=1S/C20H16N4O/c25-20(18-13-21-14-24(18)17-9-2-1-3-10-17)23-12-16-7-4-6-15-8-5-11-22-19(15)16/h1-11,13-14H,12H2,(H,23,25). The van der Waals surface area contributed by atoms with Crippen LogP contribution in [0.15, 0.2) is 79.4 Å². The predicted molar refractivity (Wildman–Crippen MR) is 96.5 cm³/mol. The van der Waals surface area contributed by atoms with Crippen molar-refractivity contribution in [2.45, 2.75) is 6.54 Å². The third-order valence-corrected chi connectivity index (χ3v) is 4.06. The smallest absolute Gasteiger partial charge is 0.270 e. The number of rotatable bonds is 4. The maximum atomic E-state index is 12.6. The van der Waals surface area contributed by atoms with E-state index in [0.29, 0.717) is 12.2 Å². The van der Waals surface area contributed by atoms with Gasteiger partial charge in [-0.1, -0.05) is 42.5 Å². The number of carbonyl (C=O) groups excluding carboxylic acids is 1. The number of benzene rings is 2. The van der Waals surface area contributed by atoms with Crippen LogP contribution in [-0.2, 0) is 6.54 Å². The molecule has 1 N–H and O–H groups in total. The molecule has 0 aliphatic carbocycles. The Morgan fingerprint density at radius 2 is 1.84 bits per heavy atom. The Morgan fingerprint density at radius 3 is 2.72 bits per heavy atom. The maximum Gasteiger partial charge on any atom is 0.270 e. The zero-order chi connectivity index (χ0) is 17.1. The number of imidazole rings is 1. The van der Waals surface area contributed by atoms with E-state index in [0.717, 1.165) is 22.2 Å². The highest BCUT2D eigenvalue weighted by molar-refractivity contribution is 5.93. The normalized spacial score (nSPS) is 10.7. The van der Waals surface area contributed by atoms with Gasteiger partial charge in [0.2, 0.25) is 0 Å². The Balaban J connectivity index is 1.57. The molecule has 2 heterocycles. The minimum atomic E-state index is -0.172. The number of fused-ring (bicyclic) bond motifs is 1. The molecule has 1 amide bonds. The molecule has 2 aromatic carbocycles. The second kappa shape index (κ2) is 6.57. The first-order valence-corrected chi connectivity index (χ1v) is 8.01. The van der Waals surface area contributed by atoms with Crippen molar-refractivity contribution in [2.24, 2.45) is 0 Å². The number of hydrogen-bond acceptors (Lipinski definition) is 3. The van der Waals surface area contributed by atoms with E-state index in [9.17, 15) is 4.79 Å². The Morgan fingerprint density at radius 1 is 1.00 bits per heavy atom. The minimum absolute atomic E-state index is 0.172. The second-order valence-electron chi connectivity index (χ2n) is 5.66. The molecule has 122 valence electrons. The van der Waals surface area contributed by atoms with E-state index in [1.807, 2.05) is 60.7 Å². The third-order valence-electron chi connectivity index (χ3n) is 4.06. The van der Waals surface area contributed by atoms with Crippen molar-refractivity contribution in [2.75, 3.05) is 0 Å². The molecule has 0 radical (unpaired) electrons. The average molecular weight is 328 g/mol. The van der Waals surface area contributed by atoms with Gasteiger partial charge in [0.05, 0.1) is 18.0 Å². The van der Waals surface area contributed by atoms with Crippen LogP contribution in [0.3, 0.4) is 0 Å². The van der Waals surface area contributed by atoms with E-state index < -0.39 is 0 Å². The lowest BCUT2D eigenvalue weighted by Crippen LogP contribution is -2.25. The number of amides is 1. The summed E-state index contributed by atoms with van der Waals surface area (Å²) in [5.41, 5.74) is 3.29. The van der Waals surface area contributed by atoms with Crippen LogP contribution in [0.25, 0.3) is 16.6 Å². The van der Waals surface area contributed by atoms with Crippen molar-refractivity contribution in [3.63, 3.8) is 0 Å². The van der Waals surface area contributed by atoms with Crippen LogP contribution in [0.4, 0.5) is 0 Å². The van der Waals surface area contributed by atoms with Gasteiger partial charge >= 0.3 is 0 Å². The Hall–Kier alpha value is -3.47. The number of pyridine rings is 1. The minimum Gasteiger partial charge on any atom is -0.347 e. The fraction of sp³-hybridized carbons (Fsp3) is 0.0500. The number of nitrogens with zero attached hydrogens (tertiary/aromatic N) is 3. The lowest BCUT2D eigenvalue weighted by Gasteiger charge is -2.10. The van der Waals surface area contributed by atoms with Gasteiger partial charge in [-0.15, -0.1) is 0 Å². The topological polar surface area (TPSA) is 59.8 Å². The van der Waals surface area contributed by atoms with Gasteiger partial charge in [0.25, 0.3) is 5.91 Å². The SMILES string of the molecule is O=C(NCc1cccc2cccnc12)c1cncn1-c1ccccc1. The van der Waals surface area contributed by atoms with Gasteiger partial charge in [-0.2, -0.15) is 0 Å². The quantitative estimate of drug-likeness (QED) is 0.625. The van der Waals surface area contributed by atoms with Gasteiger partial charge in [0.15, 0.2) is 0 Å². The molecule has 2 aromatic heterocycles. The van der Waals surface area contributed by atoms with Crippen LogP contribution in [0.1, 0.15) is 16.1 Å². The van der Waals surface area contributed by atoms with E-state index in [4.69, 9.17) is 0 Å². The van der Waals surface area contributed by atoms with Gasteiger partial charge in [-0.05, 0) is 23.8 Å². The highest BCUT2D eigenvalue weighted by Gasteiger charge is 2.13. The van der Waals surface area contributed by atoms with Gasteiger partial charge in [-0.3, -0.25) is 14.3 Å². The summed E-state index contributed by atoms with van der Waals surface area (Å²) < 4.78 is 1.77. The van der Waals surface area contributed by atoms with E-state index in [-0.39, 0.29) is 5.91 Å². The van der Waals surface area contributed by atoms with Gasteiger partial charge in [-0.25, -0.2) is 4.98 Å². The van der Waals surface area contributed by atoms with Crippen molar-refractivity contribution in [1.82, 2.24) is 19.9 Å². The van der Waals surface area contributed by atoms with Crippen molar-refractivity contribution >= 4 is 16.8 Å². The van der Waals surface area contributed by atoms with E-state index in [2.05, 4.69) is 15.3 Å². The fourth-order valence-electron chi connectivity index (χ4n) is 2.83. The average Bonchev–Trinajstić information content (AvgIpc) is 3.17. The zero-order valence-corrected chi connectivity index (χ0v) is 13.5. The van der Waals surface area contributed by atoms with Gasteiger partial charge in [0, 0.05) is 23.8 Å². The molecule has 0 aliphatic rings. The number of nitrogens with one attached hydrogen (secondary N) is 1. The second-order valence-corrected chi connectivity index (χ2v) is 5.66. The molecular weight excluding hydrogens is 312 g/mol. The van der Waals surface area contributed by atoms with Crippen molar-refractivity contribution < 1.29 is 4.79 Å². The molecule has 0 saturated heterocycles. The predicted octanol–water partition coefficient (Wildman–Crippen LogP) is 3.35. The summed E-state index contributed by atoms with van der Waals surface area (Å²) in [4.78, 5) is 21.1. The Labute approximate surface area is 145 Å². The van der Waals surface area contributed by atoms with Crippen LogP contribution in [0.2, 0.25) is 0 Å². The molecule has 0 unspecified atom stereocenters. The first kappa shape index (κ1) is 15.1. The Bertz CT molecular complexity index is 1020. The molecule has 0 aliphatic heterocycles. The summed E-state index contributed by atoms with van der Waals surface area (Å²) in [6, 6.07) is 19.6. The largest absolute Gasteiger partial charge is 0.347 e. The molecule has 4 rings (SSSR count). The zero-order valence-electron chi connectivity index (χ0n) is 13.5. The molecule has 0 atom stereocenters. The van der Waals surface area contributed by atoms with Crippen LogP contribution < -0.4 is 5.32 Å². The molecule has 4 aromatic rings. The van der Waals surface area contributed by atoms with Crippen molar-refractivity contribution in [3.05, 3.63) is 90.6 Å². The molecule has 0 saturated carbocycles. The van der Waals surface area contributed by atoms with Crippen LogP contribution in [0, 0.1) is 0 Å². The highest BCUT2D eigenvalue weighted by Crippen LogP contribution is 2.16. The lowest BCUT2D eigenvalue weighted by atomic mass is 10.1. The van der Waals surface area contributed by atoms with Gasteiger partial charge in [0.1, 0.15) is 5.69 Å². The number of para-hydroxylation sites is 2. The molecular formula is C20H16N4O. The first-order chi connectivity index (χ1) is 12.3. The monoisotopic (exact) mass is 328 g/mol. The lowest BCUT2D eigenvalue weighted by molar-refractivity contribution is 0.0944. The summed E-state index contributed by atoms with van der Waals surface area (Å²) >= 11 is 0. The Kier molecular flexibility index (Phi) is 3.96. The van der Waals surface area contributed by atoms with Gasteiger partial charge < -0.3 is 5.32 Å². The third kappa shape index (κ3) is 2.99. The summed E-state index contributed by atoms with van der Waals surface area (Å²) in [6.07, 6.45) is 4.98. The first-order valence-electron chi connectivity index (χ1n) is 8.01. The molecule has 25 heavy (non-hydrogen) atoms. The van der Waals surface area contributed by atoms with E-state index in [1.165, 1.54) is 0 Å². The molecule has 0 spiro atoms. The van der Waals surface area contributed by atoms with Crippen molar-refractivity contribution in [3.8, 4) is 5.69 Å². The number of hydrogen-bond donors (Lipinski definition) is 1. The summed E-state index contributed by atoms with van der Waals surface area (Å²) in [7, 11) is 0. The molecule has 5 nitrogen and oxygen atoms in total. The van der Waals surface area contributed by atoms with E-state index >= 15 is 0 Å². The number of carbonyl (C=O) groups is 1. The van der Waals surface area contributed by atoms with Crippen LogP contribution >= 0.6 is 0 Å². The summed E-state index contributed by atoms with van der Waals surface area (Å²) in [5, 5.41) is 4.02. The summed E-state index contributed by atoms with van der Waals surface area (Å²) in [5.74, 6) is -0.172. The van der Waals surface area contributed by atoms with Crippen LogP contribution in [0.5, 0.6) is 0 Å². The number of aromatic nitrogens is 3. The maximum absolute atomic E-state index is 12.6. The molecule has 0 bridgehead atoms. The van der Waals surface area contributed by atoms with E-state index in [1.54, 1.807) is 23.3 Å². The molecule has 0 fully saturated rings. The highest BCUT2D eigenvalue weighted by atomic mass is 16.1. The van der Waals surface area contributed by atoms with Crippen molar-refractivity contribution in [1.29, 1.82) is 0 Å². The molecule has 5 heteroatoms. The summed E-state index contributed by atoms with van der Waals surface area (Å²) in [6.45, 7) is 0.410. The van der Waals surface area contributed by atoms with Crippen LogP contribution in [-0.4, -0.2) is 20.4 Å².